The van der Waals surface area contributed by atoms with E-state index >= 15 is 0 Å². The molecule has 1 amide bonds. The molecule has 0 unspecified atom stereocenters. The number of halogens is 1. The maximum atomic E-state index is 12.7. The van der Waals surface area contributed by atoms with Crippen molar-refractivity contribution < 1.29 is 23.6 Å². The molecule has 3 aromatic rings. The number of aromatic nitrogens is 2. The first-order valence-electron chi connectivity index (χ1n) is 10.1. The van der Waals surface area contributed by atoms with Crippen LogP contribution < -0.4 is 10.1 Å². The standard InChI is InChI=1S/C23H24ClN3O5/c1-4-14(2)20(26-22(28)15-8-10-17(24)11-9-15)23(29)31-13-19-25-21(27-32-19)16-6-5-7-18(12-16)30-3/h5-12,14,20H,4,13H2,1-3H3,(H,26,28)/t14-,20-/m0/s1. The second kappa shape index (κ2) is 10.8. The lowest BCUT2D eigenvalue weighted by molar-refractivity contribution is -0.149. The molecule has 0 aliphatic heterocycles. The second-order valence-electron chi connectivity index (χ2n) is 7.19. The number of carbonyl (C=O) groups is 2. The van der Waals surface area contributed by atoms with Gasteiger partial charge in [-0.15, -0.1) is 0 Å². The van der Waals surface area contributed by atoms with E-state index < -0.39 is 12.0 Å². The average Bonchev–Trinajstić information content (AvgIpc) is 3.30. The molecule has 8 nitrogen and oxygen atoms in total. The number of rotatable bonds is 9. The fourth-order valence-corrected chi connectivity index (χ4v) is 3.04. The van der Waals surface area contributed by atoms with Crippen molar-refractivity contribution in [3.8, 4) is 17.1 Å². The van der Waals surface area contributed by atoms with Crippen LogP contribution in [0.25, 0.3) is 11.4 Å². The summed E-state index contributed by atoms with van der Waals surface area (Å²) in [5.74, 6) is 0.0410. The summed E-state index contributed by atoms with van der Waals surface area (Å²) in [6.45, 7) is 3.58. The first-order valence-corrected chi connectivity index (χ1v) is 10.5. The van der Waals surface area contributed by atoms with Gasteiger partial charge in [0.25, 0.3) is 11.8 Å². The van der Waals surface area contributed by atoms with Crippen molar-refractivity contribution >= 4 is 23.5 Å². The van der Waals surface area contributed by atoms with Crippen molar-refractivity contribution in [2.24, 2.45) is 5.92 Å². The molecular formula is C23H24ClN3O5. The van der Waals surface area contributed by atoms with Crippen LogP contribution in [0.15, 0.2) is 53.1 Å². The summed E-state index contributed by atoms with van der Waals surface area (Å²) in [5, 5.41) is 7.18. The van der Waals surface area contributed by atoms with Gasteiger partial charge in [0.1, 0.15) is 11.8 Å². The fraction of sp³-hybridized carbons (Fsp3) is 0.304. The molecular weight excluding hydrogens is 434 g/mol. The molecule has 168 valence electrons. The number of hydrogen-bond donors (Lipinski definition) is 1. The third-order valence-electron chi connectivity index (χ3n) is 4.99. The van der Waals surface area contributed by atoms with Gasteiger partial charge in [0, 0.05) is 16.1 Å². The van der Waals surface area contributed by atoms with Crippen LogP contribution in [-0.2, 0) is 16.1 Å². The zero-order chi connectivity index (χ0) is 23.1. The van der Waals surface area contributed by atoms with Crippen molar-refractivity contribution in [1.82, 2.24) is 15.5 Å². The summed E-state index contributed by atoms with van der Waals surface area (Å²) in [6.07, 6.45) is 0.668. The van der Waals surface area contributed by atoms with Crippen LogP contribution in [0, 0.1) is 5.92 Å². The van der Waals surface area contributed by atoms with Crippen LogP contribution in [0.2, 0.25) is 5.02 Å². The van der Waals surface area contributed by atoms with E-state index in [9.17, 15) is 9.59 Å². The van der Waals surface area contributed by atoms with E-state index in [1.807, 2.05) is 26.0 Å². The number of methoxy groups -OCH3 is 1. The summed E-state index contributed by atoms with van der Waals surface area (Å²) in [4.78, 5) is 29.6. The van der Waals surface area contributed by atoms with Crippen LogP contribution in [0.1, 0.15) is 36.5 Å². The van der Waals surface area contributed by atoms with Gasteiger partial charge in [-0.3, -0.25) is 4.79 Å². The van der Waals surface area contributed by atoms with E-state index in [4.69, 9.17) is 25.6 Å². The largest absolute Gasteiger partial charge is 0.497 e. The Morgan fingerprint density at radius 2 is 1.94 bits per heavy atom. The summed E-state index contributed by atoms with van der Waals surface area (Å²) in [6, 6.07) is 12.8. The van der Waals surface area contributed by atoms with E-state index in [0.717, 1.165) is 0 Å². The smallest absolute Gasteiger partial charge is 0.329 e. The van der Waals surface area contributed by atoms with E-state index in [-0.39, 0.29) is 24.3 Å². The maximum absolute atomic E-state index is 12.7. The zero-order valence-corrected chi connectivity index (χ0v) is 18.8. The Hall–Kier alpha value is -3.39. The zero-order valence-electron chi connectivity index (χ0n) is 18.0. The number of carbonyl (C=O) groups excluding carboxylic acids is 2. The Balaban J connectivity index is 1.64. The Bertz CT molecular complexity index is 1070. The topological polar surface area (TPSA) is 104 Å². The van der Waals surface area contributed by atoms with Crippen LogP contribution in [-0.4, -0.2) is 35.2 Å². The normalized spacial score (nSPS) is 12.6. The third-order valence-corrected chi connectivity index (χ3v) is 5.25. The first kappa shape index (κ1) is 23.3. The lowest BCUT2D eigenvalue weighted by Crippen LogP contribution is -2.46. The number of nitrogens with one attached hydrogen (secondary N) is 1. The molecule has 32 heavy (non-hydrogen) atoms. The minimum absolute atomic E-state index is 0.142. The van der Waals surface area contributed by atoms with Gasteiger partial charge in [-0.1, -0.05) is 49.2 Å². The molecule has 2 aromatic carbocycles. The summed E-state index contributed by atoms with van der Waals surface area (Å²) in [7, 11) is 1.57. The van der Waals surface area contributed by atoms with Crippen molar-refractivity contribution in [3.05, 3.63) is 65.0 Å². The van der Waals surface area contributed by atoms with Crippen LogP contribution >= 0.6 is 11.6 Å². The van der Waals surface area contributed by atoms with Crippen LogP contribution in [0.4, 0.5) is 0 Å². The highest BCUT2D eigenvalue weighted by Gasteiger charge is 2.28. The molecule has 0 bridgehead atoms. The SMILES string of the molecule is CC[C@H](C)[C@H](NC(=O)c1ccc(Cl)cc1)C(=O)OCc1nc(-c2cccc(OC)c2)no1. The minimum atomic E-state index is -0.830. The van der Waals surface area contributed by atoms with Gasteiger partial charge in [-0.2, -0.15) is 4.98 Å². The molecule has 1 aromatic heterocycles. The number of esters is 1. The number of amides is 1. The van der Waals surface area contributed by atoms with Gasteiger partial charge in [-0.05, 0) is 42.3 Å². The molecule has 0 fully saturated rings. The summed E-state index contributed by atoms with van der Waals surface area (Å²) < 4.78 is 15.8. The van der Waals surface area contributed by atoms with Crippen molar-refractivity contribution in [2.45, 2.75) is 32.9 Å². The highest BCUT2D eigenvalue weighted by Crippen LogP contribution is 2.21. The lowest BCUT2D eigenvalue weighted by atomic mass is 9.99. The molecule has 1 N–H and O–H groups in total. The summed E-state index contributed by atoms with van der Waals surface area (Å²) in [5.41, 5.74) is 1.11. The van der Waals surface area contributed by atoms with Crippen LogP contribution in [0.3, 0.4) is 0 Å². The fourth-order valence-electron chi connectivity index (χ4n) is 2.91. The van der Waals surface area contributed by atoms with E-state index in [1.165, 1.54) is 0 Å². The van der Waals surface area contributed by atoms with Crippen molar-refractivity contribution in [3.63, 3.8) is 0 Å². The highest BCUT2D eigenvalue weighted by molar-refractivity contribution is 6.30. The second-order valence-corrected chi connectivity index (χ2v) is 7.63. The number of nitrogens with zero attached hydrogens (tertiary/aromatic N) is 2. The molecule has 0 radical (unpaired) electrons. The number of benzene rings is 2. The van der Waals surface area contributed by atoms with E-state index in [1.54, 1.807) is 43.5 Å². The van der Waals surface area contributed by atoms with Gasteiger partial charge < -0.3 is 19.3 Å². The molecule has 0 saturated heterocycles. The molecule has 0 aliphatic carbocycles. The van der Waals surface area contributed by atoms with E-state index in [2.05, 4.69) is 15.5 Å². The quantitative estimate of drug-likeness (QED) is 0.478. The highest BCUT2D eigenvalue weighted by atomic mass is 35.5. The Morgan fingerprint density at radius 3 is 2.62 bits per heavy atom. The van der Waals surface area contributed by atoms with E-state index in [0.29, 0.717) is 34.1 Å². The molecule has 0 aliphatic rings. The van der Waals surface area contributed by atoms with Crippen molar-refractivity contribution in [1.29, 1.82) is 0 Å². The molecule has 0 saturated carbocycles. The molecule has 1 heterocycles. The lowest BCUT2D eigenvalue weighted by Gasteiger charge is -2.22. The predicted octanol–water partition coefficient (Wildman–Crippen LogP) is 4.29. The predicted molar refractivity (Wildman–Crippen MR) is 118 cm³/mol. The Kier molecular flexibility index (Phi) is 7.83. The number of ether oxygens (including phenoxy) is 2. The van der Waals surface area contributed by atoms with Gasteiger partial charge in [0.2, 0.25) is 5.82 Å². The van der Waals surface area contributed by atoms with Gasteiger partial charge >= 0.3 is 5.97 Å². The third kappa shape index (κ3) is 5.85. The first-order chi connectivity index (χ1) is 15.4. The van der Waals surface area contributed by atoms with Crippen LogP contribution in [0.5, 0.6) is 5.75 Å². The number of hydrogen-bond acceptors (Lipinski definition) is 7. The monoisotopic (exact) mass is 457 g/mol. The van der Waals surface area contributed by atoms with Crippen molar-refractivity contribution in [2.75, 3.05) is 7.11 Å². The van der Waals surface area contributed by atoms with Gasteiger partial charge in [0.15, 0.2) is 6.61 Å². The Labute approximate surface area is 190 Å². The molecule has 9 heteroatoms. The van der Waals surface area contributed by atoms with Gasteiger partial charge in [0.05, 0.1) is 7.11 Å². The maximum Gasteiger partial charge on any atom is 0.329 e. The summed E-state index contributed by atoms with van der Waals surface area (Å²) >= 11 is 5.87. The average molecular weight is 458 g/mol. The minimum Gasteiger partial charge on any atom is -0.497 e. The molecule has 0 spiro atoms. The Morgan fingerprint density at radius 1 is 1.19 bits per heavy atom. The molecule has 2 atom stereocenters. The van der Waals surface area contributed by atoms with Gasteiger partial charge in [-0.25, -0.2) is 4.79 Å². The molecule has 3 rings (SSSR count).